The molecule has 3 unspecified atom stereocenters. The molecule has 1 saturated heterocycles. The molecular weight excluding hydrogens is 266 g/mol. The third kappa shape index (κ3) is 3.80. The van der Waals surface area contributed by atoms with Gasteiger partial charge in [-0.25, -0.2) is 4.98 Å². The number of thiazole rings is 1. The van der Waals surface area contributed by atoms with E-state index in [4.69, 9.17) is 0 Å². The first-order valence-electron chi connectivity index (χ1n) is 7.89. The maximum absolute atomic E-state index is 4.65. The number of piperazine rings is 1. The van der Waals surface area contributed by atoms with Crippen molar-refractivity contribution in [3.8, 4) is 0 Å². The Hall–Kier alpha value is -0.450. The molecule has 1 aliphatic rings. The summed E-state index contributed by atoms with van der Waals surface area (Å²) in [4.78, 5) is 7.31. The van der Waals surface area contributed by atoms with Gasteiger partial charge < -0.3 is 5.32 Å². The van der Waals surface area contributed by atoms with Crippen molar-refractivity contribution in [3.05, 3.63) is 16.1 Å². The highest BCUT2D eigenvalue weighted by molar-refractivity contribution is 7.09. The molecule has 0 radical (unpaired) electrons. The van der Waals surface area contributed by atoms with Gasteiger partial charge in [0.15, 0.2) is 0 Å². The van der Waals surface area contributed by atoms with E-state index in [9.17, 15) is 0 Å². The lowest BCUT2D eigenvalue weighted by Gasteiger charge is -2.44. The second-order valence-corrected chi connectivity index (χ2v) is 7.47. The fourth-order valence-electron chi connectivity index (χ4n) is 2.96. The van der Waals surface area contributed by atoms with Crippen LogP contribution in [-0.4, -0.2) is 35.1 Å². The summed E-state index contributed by atoms with van der Waals surface area (Å²) >= 11 is 1.80. The molecule has 0 spiro atoms. The fraction of sp³-hybridized carbons (Fsp3) is 0.812. The van der Waals surface area contributed by atoms with Gasteiger partial charge in [0, 0.05) is 36.2 Å². The first-order valence-corrected chi connectivity index (χ1v) is 8.77. The average Bonchev–Trinajstić information content (AvgIpc) is 2.83. The highest BCUT2D eigenvalue weighted by Crippen LogP contribution is 2.23. The summed E-state index contributed by atoms with van der Waals surface area (Å²) in [5, 5.41) is 7.17. The van der Waals surface area contributed by atoms with Gasteiger partial charge in [-0.1, -0.05) is 34.1 Å². The van der Waals surface area contributed by atoms with Crippen molar-refractivity contribution in [3.63, 3.8) is 0 Å². The van der Waals surface area contributed by atoms with Gasteiger partial charge >= 0.3 is 0 Å². The van der Waals surface area contributed by atoms with Crippen molar-refractivity contribution in [2.75, 3.05) is 13.1 Å². The number of aromatic nitrogens is 1. The lowest BCUT2D eigenvalue weighted by Crippen LogP contribution is -2.59. The van der Waals surface area contributed by atoms with Crippen LogP contribution in [0, 0.1) is 18.8 Å². The van der Waals surface area contributed by atoms with E-state index in [-0.39, 0.29) is 0 Å². The highest BCUT2D eigenvalue weighted by Gasteiger charge is 2.32. The van der Waals surface area contributed by atoms with Crippen LogP contribution in [0.3, 0.4) is 0 Å². The maximum Gasteiger partial charge on any atom is 0.107 e. The number of rotatable bonds is 5. The molecule has 0 amide bonds. The Morgan fingerprint density at radius 2 is 2.20 bits per heavy atom. The molecule has 1 fully saturated rings. The summed E-state index contributed by atoms with van der Waals surface area (Å²) < 4.78 is 0. The predicted molar refractivity (Wildman–Crippen MR) is 87.1 cm³/mol. The molecular formula is C16H29N3S. The third-order valence-electron chi connectivity index (χ3n) is 4.60. The van der Waals surface area contributed by atoms with Crippen LogP contribution >= 0.6 is 11.3 Å². The molecule has 1 aromatic heterocycles. The van der Waals surface area contributed by atoms with Crippen LogP contribution in [0.25, 0.3) is 0 Å². The van der Waals surface area contributed by atoms with E-state index in [1.165, 1.54) is 11.4 Å². The molecule has 3 nitrogen and oxygen atoms in total. The normalized spacial score (nSPS) is 26.1. The standard InChI is InChI=1S/C16H29N3S/c1-6-12(4)15-7-17-14(11(2)3)8-19(15)9-16-18-13(5)10-20-16/h10-12,14-15,17H,6-9H2,1-5H3. The van der Waals surface area contributed by atoms with E-state index in [1.807, 2.05) is 0 Å². The molecule has 2 rings (SSSR count). The summed E-state index contributed by atoms with van der Waals surface area (Å²) in [6, 6.07) is 1.25. The summed E-state index contributed by atoms with van der Waals surface area (Å²) in [5.74, 6) is 1.42. The third-order valence-corrected chi connectivity index (χ3v) is 5.55. The van der Waals surface area contributed by atoms with Gasteiger partial charge in [-0.2, -0.15) is 0 Å². The fourth-order valence-corrected chi connectivity index (χ4v) is 3.76. The number of nitrogens with zero attached hydrogens (tertiary/aromatic N) is 2. The summed E-state index contributed by atoms with van der Waals surface area (Å²) in [6.07, 6.45) is 1.24. The SMILES string of the molecule is CCC(C)C1CNC(C(C)C)CN1Cc1nc(C)cs1. The summed E-state index contributed by atoms with van der Waals surface area (Å²) in [6.45, 7) is 14.7. The molecule has 4 heteroatoms. The van der Waals surface area contributed by atoms with Gasteiger partial charge in [0.05, 0.1) is 6.54 Å². The molecule has 0 aliphatic carbocycles. The summed E-state index contributed by atoms with van der Waals surface area (Å²) in [5.41, 5.74) is 1.15. The Morgan fingerprint density at radius 3 is 2.75 bits per heavy atom. The Kier molecular flexibility index (Phi) is 5.58. The van der Waals surface area contributed by atoms with E-state index < -0.39 is 0 Å². The topological polar surface area (TPSA) is 28.2 Å². The lowest BCUT2D eigenvalue weighted by molar-refractivity contribution is 0.0721. The van der Waals surface area contributed by atoms with Crippen LogP contribution in [0.5, 0.6) is 0 Å². The minimum atomic E-state index is 0.608. The number of hydrogen-bond acceptors (Lipinski definition) is 4. The van der Waals surface area contributed by atoms with Crippen LogP contribution in [0.4, 0.5) is 0 Å². The van der Waals surface area contributed by atoms with Gasteiger partial charge in [-0.15, -0.1) is 11.3 Å². The maximum atomic E-state index is 4.65. The Bertz CT molecular complexity index is 416. The van der Waals surface area contributed by atoms with Crippen LogP contribution in [-0.2, 0) is 6.54 Å². The van der Waals surface area contributed by atoms with Gasteiger partial charge in [-0.3, -0.25) is 4.90 Å². The molecule has 0 aromatic carbocycles. The van der Waals surface area contributed by atoms with Crippen LogP contribution < -0.4 is 5.32 Å². The van der Waals surface area contributed by atoms with Crippen molar-refractivity contribution < 1.29 is 0 Å². The van der Waals surface area contributed by atoms with E-state index in [0.717, 1.165) is 31.2 Å². The largest absolute Gasteiger partial charge is 0.311 e. The van der Waals surface area contributed by atoms with Gasteiger partial charge in [0.1, 0.15) is 5.01 Å². The minimum Gasteiger partial charge on any atom is -0.311 e. The number of hydrogen-bond donors (Lipinski definition) is 1. The van der Waals surface area contributed by atoms with Gasteiger partial charge in [0.2, 0.25) is 0 Å². The molecule has 0 bridgehead atoms. The van der Waals surface area contributed by atoms with Crippen molar-refractivity contribution in [1.29, 1.82) is 0 Å². The van der Waals surface area contributed by atoms with E-state index in [2.05, 4.69) is 55.2 Å². The second kappa shape index (κ2) is 7.01. The van der Waals surface area contributed by atoms with Crippen molar-refractivity contribution in [2.24, 2.45) is 11.8 Å². The van der Waals surface area contributed by atoms with E-state index >= 15 is 0 Å². The van der Waals surface area contributed by atoms with Gasteiger partial charge in [0.25, 0.3) is 0 Å². The zero-order chi connectivity index (χ0) is 14.7. The molecule has 0 saturated carbocycles. The zero-order valence-electron chi connectivity index (χ0n) is 13.5. The van der Waals surface area contributed by atoms with E-state index in [0.29, 0.717) is 18.0 Å². The molecule has 114 valence electrons. The van der Waals surface area contributed by atoms with E-state index in [1.54, 1.807) is 11.3 Å². The smallest absolute Gasteiger partial charge is 0.107 e. The molecule has 1 aromatic rings. The molecule has 1 aliphatic heterocycles. The minimum absolute atomic E-state index is 0.608. The van der Waals surface area contributed by atoms with Gasteiger partial charge in [-0.05, 0) is 18.8 Å². The Balaban J connectivity index is 2.08. The Morgan fingerprint density at radius 1 is 1.45 bits per heavy atom. The average molecular weight is 295 g/mol. The number of aryl methyl sites for hydroxylation is 1. The quantitative estimate of drug-likeness (QED) is 0.903. The highest BCUT2D eigenvalue weighted by atomic mass is 32.1. The monoisotopic (exact) mass is 295 g/mol. The number of nitrogens with one attached hydrogen (secondary N) is 1. The predicted octanol–water partition coefficient (Wildman–Crippen LogP) is 3.30. The molecule has 2 heterocycles. The second-order valence-electron chi connectivity index (χ2n) is 6.52. The molecule has 3 atom stereocenters. The van der Waals surface area contributed by atoms with Crippen molar-refractivity contribution >= 4 is 11.3 Å². The van der Waals surface area contributed by atoms with Crippen LogP contribution in [0.1, 0.15) is 44.8 Å². The van der Waals surface area contributed by atoms with Crippen LogP contribution in [0.15, 0.2) is 5.38 Å². The van der Waals surface area contributed by atoms with Crippen molar-refractivity contribution in [1.82, 2.24) is 15.2 Å². The molecule has 20 heavy (non-hydrogen) atoms. The first-order chi connectivity index (χ1) is 9.51. The van der Waals surface area contributed by atoms with Crippen LogP contribution in [0.2, 0.25) is 0 Å². The Labute approximate surface area is 127 Å². The van der Waals surface area contributed by atoms with Crippen molar-refractivity contribution in [2.45, 2.75) is 59.7 Å². The zero-order valence-corrected chi connectivity index (χ0v) is 14.3. The first kappa shape index (κ1) is 15.9. The molecule has 1 N–H and O–H groups in total. The summed E-state index contributed by atoms with van der Waals surface area (Å²) in [7, 11) is 0. The lowest BCUT2D eigenvalue weighted by atomic mass is 9.92.